The molecule has 7 nitrogen and oxygen atoms in total. The number of hydrogen-bond acceptors (Lipinski definition) is 3. The van der Waals surface area contributed by atoms with E-state index in [0.29, 0.717) is 25.1 Å². The number of rotatable bonds is 8. The van der Waals surface area contributed by atoms with E-state index in [0.717, 1.165) is 22.4 Å². The van der Waals surface area contributed by atoms with Crippen molar-refractivity contribution in [3.05, 3.63) is 64.5 Å². The number of halogens is 1. The quantitative estimate of drug-likeness (QED) is 0.500. The lowest BCUT2D eigenvalue weighted by Gasteiger charge is -2.13. The van der Waals surface area contributed by atoms with Crippen molar-refractivity contribution in [3.63, 3.8) is 0 Å². The molecule has 0 unspecified atom stereocenters. The molecule has 0 aliphatic heterocycles. The van der Waals surface area contributed by atoms with Crippen molar-refractivity contribution < 1.29 is 18.8 Å². The molecule has 0 aromatic heterocycles. The lowest BCUT2D eigenvalue weighted by Crippen LogP contribution is -2.41. The van der Waals surface area contributed by atoms with Crippen LogP contribution in [0.25, 0.3) is 0 Å². The van der Waals surface area contributed by atoms with Gasteiger partial charge >= 0.3 is 6.03 Å². The highest BCUT2D eigenvalue weighted by Crippen LogP contribution is 2.21. The average molecular weight is 414 g/mol. The lowest BCUT2D eigenvalue weighted by molar-refractivity contribution is -0.115. The lowest BCUT2D eigenvalue weighted by atomic mass is 10.1. The van der Waals surface area contributed by atoms with Gasteiger partial charge in [0.2, 0.25) is 5.91 Å². The molecule has 30 heavy (non-hydrogen) atoms. The fraction of sp³-hybridized carbons (Fsp3) is 0.318. The minimum absolute atomic E-state index is 0.153. The first-order valence-electron chi connectivity index (χ1n) is 9.69. The summed E-state index contributed by atoms with van der Waals surface area (Å²) in [6.07, 6.45) is 0.508. The Morgan fingerprint density at radius 3 is 2.10 bits per heavy atom. The number of anilines is 1. The zero-order valence-corrected chi connectivity index (χ0v) is 17.4. The van der Waals surface area contributed by atoms with E-state index < -0.39 is 11.8 Å². The third-order valence-corrected chi connectivity index (χ3v) is 4.38. The molecule has 2 aromatic rings. The monoisotopic (exact) mass is 414 g/mol. The summed E-state index contributed by atoms with van der Waals surface area (Å²) in [5, 5.41) is 10.6. The van der Waals surface area contributed by atoms with Gasteiger partial charge in [-0.2, -0.15) is 0 Å². The molecule has 2 rings (SSSR count). The van der Waals surface area contributed by atoms with Crippen LogP contribution in [0.15, 0.2) is 36.4 Å². The summed E-state index contributed by atoms with van der Waals surface area (Å²) in [4.78, 5) is 35.8. The Morgan fingerprint density at radius 2 is 1.47 bits per heavy atom. The van der Waals surface area contributed by atoms with Gasteiger partial charge in [0.25, 0.3) is 5.91 Å². The van der Waals surface area contributed by atoms with Gasteiger partial charge in [-0.25, -0.2) is 9.18 Å². The van der Waals surface area contributed by atoms with Crippen molar-refractivity contribution in [3.8, 4) is 0 Å². The first kappa shape index (κ1) is 22.9. The van der Waals surface area contributed by atoms with Crippen molar-refractivity contribution in [1.29, 1.82) is 0 Å². The van der Waals surface area contributed by atoms with Crippen LogP contribution in [0, 0.1) is 26.6 Å². The van der Waals surface area contributed by atoms with Gasteiger partial charge in [-0.15, -0.1) is 0 Å². The van der Waals surface area contributed by atoms with Crippen molar-refractivity contribution in [1.82, 2.24) is 16.0 Å². The Labute approximate surface area is 175 Å². The number of aryl methyl sites for hydroxylation is 3. The largest absolute Gasteiger partial charge is 0.352 e. The Kier molecular flexibility index (Phi) is 8.34. The van der Waals surface area contributed by atoms with E-state index in [-0.39, 0.29) is 18.4 Å². The minimum Gasteiger partial charge on any atom is -0.352 e. The van der Waals surface area contributed by atoms with Crippen molar-refractivity contribution in [2.75, 3.05) is 25.0 Å². The number of carbonyl (C=O) groups excluding carboxylic acids is 3. The standard InChI is InChI=1S/C22H27FN4O3/c1-14-11-15(2)20(16(3)12-14)27-19(28)13-26-22(30)25-10-4-9-24-21(29)17-5-7-18(23)8-6-17/h5-8,11-12H,4,9-10,13H2,1-3H3,(H,24,29)(H,27,28)(H2,25,26,30). The summed E-state index contributed by atoms with van der Waals surface area (Å²) < 4.78 is 12.8. The van der Waals surface area contributed by atoms with Crippen molar-refractivity contribution >= 4 is 23.5 Å². The topological polar surface area (TPSA) is 99.3 Å². The molecule has 0 saturated carbocycles. The van der Waals surface area contributed by atoms with Crippen LogP contribution >= 0.6 is 0 Å². The number of benzene rings is 2. The summed E-state index contributed by atoms with van der Waals surface area (Å²) >= 11 is 0. The van der Waals surface area contributed by atoms with Crippen LogP contribution in [0.2, 0.25) is 0 Å². The van der Waals surface area contributed by atoms with E-state index in [4.69, 9.17) is 0 Å². The van der Waals surface area contributed by atoms with Crippen LogP contribution < -0.4 is 21.3 Å². The van der Waals surface area contributed by atoms with E-state index in [2.05, 4.69) is 21.3 Å². The predicted octanol–water partition coefficient (Wildman–Crippen LogP) is 2.81. The van der Waals surface area contributed by atoms with Crippen LogP contribution in [0.5, 0.6) is 0 Å². The highest BCUT2D eigenvalue weighted by atomic mass is 19.1. The molecule has 0 spiro atoms. The second kappa shape index (κ2) is 10.9. The fourth-order valence-corrected chi connectivity index (χ4v) is 2.98. The Morgan fingerprint density at radius 1 is 0.867 bits per heavy atom. The maximum Gasteiger partial charge on any atom is 0.315 e. The number of carbonyl (C=O) groups is 3. The molecule has 0 atom stereocenters. The molecule has 0 saturated heterocycles. The molecule has 0 aliphatic rings. The second-order valence-corrected chi connectivity index (χ2v) is 7.05. The summed E-state index contributed by atoms with van der Waals surface area (Å²) in [7, 11) is 0. The normalized spacial score (nSPS) is 10.3. The van der Waals surface area contributed by atoms with Gasteiger partial charge in [-0.3, -0.25) is 9.59 Å². The first-order chi connectivity index (χ1) is 14.3. The Balaban J connectivity index is 1.62. The molecule has 4 amide bonds. The van der Waals surface area contributed by atoms with Crippen LogP contribution in [-0.2, 0) is 4.79 Å². The Bertz CT molecular complexity index is 890. The van der Waals surface area contributed by atoms with Crippen molar-refractivity contribution in [2.45, 2.75) is 27.2 Å². The smallest absolute Gasteiger partial charge is 0.315 e. The molecule has 0 bridgehead atoms. The van der Waals surface area contributed by atoms with Gasteiger partial charge in [0, 0.05) is 24.3 Å². The zero-order chi connectivity index (χ0) is 22.1. The summed E-state index contributed by atoms with van der Waals surface area (Å²) in [6.45, 7) is 6.36. The van der Waals surface area contributed by atoms with E-state index in [1.54, 1.807) is 0 Å². The number of amides is 4. The maximum absolute atomic E-state index is 12.8. The third kappa shape index (κ3) is 7.20. The summed E-state index contributed by atoms with van der Waals surface area (Å²) in [6, 6.07) is 8.75. The Hall–Kier alpha value is -3.42. The predicted molar refractivity (Wildman–Crippen MR) is 114 cm³/mol. The molecule has 2 aromatic carbocycles. The van der Waals surface area contributed by atoms with E-state index in [1.807, 2.05) is 32.9 Å². The maximum atomic E-state index is 12.8. The van der Waals surface area contributed by atoms with Gasteiger partial charge < -0.3 is 21.3 Å². The van der Waals surface area contributed by atoms with Crippen molar-refractivity contribution in [2.24, 2.45) is 0 Å². The second-order valence-electron chi connectivity index (χ2n) is 7.05. The van der Waals surface area contributed by atoms with Crippen LogP contribution in [0.1, 0.15) is 33.5 Å². The van der Waals surface area contributed by atoms with Gasteiger partial charge in [-0.05, 0) is 62.6 Å². The van der Waals surface area contributed by atoms with E-state index in [9.17, 15) is 18.8 Å². The van der Waals surface area contributed by atoms with Crippen LogP contribution in [0.4, 0.5) is 14.9 Å². The highest BCUT2D eigenvalue weighted by molar-refractivity contribution is 5.95. The van der Waals surface area contributed by atoms with Crippen LogP contribution in [0.3, 0.4) is 0 Å². The zero-order valence-electron chi connectivity index (χ0n) is 17.4. The number of nitrogens with one attached hydrogen (secondary N) is 4. The van der Waals surface area contributed by atoms with Gasteiger partial charge in [0.05, 0.1) is 6.54 Å². The SMILES string of the molecule is Cc1cc(C)c(NC(=O)CNC(=O)NCCCNC(=O)c2ccc(F)cc2)c(C)c1. The third-order valence-electron chi connectivity index (χ3n) is 4.38. The molecular weight excluding hydrogens is 387 g/mol. The summed E-state index contributed by atoms with van der Waals surface area (Å²) in [5.74, 6) is -1.02. The highest BCUT2D eigenvalue weighted by Gasteiger charge is 2.10. The first-order valence-corrected chi connectivity index (χ1v) is 9.69. The molecule has 0 fully saturated rings. The molecule has 160 valence electrons. The summed E-state index contributed by atoms with van der Waals surface area (Å²) in [5.41, 5.74) is 4.17. The molecule has 4 N–H and O–H groups in total. The minimum atomic E-state index is -0.465. The van der Waals surface area contributed by atoms with Crippen LogP contribution in [-0.4, -0.2) is 37.5 Å². The fourth-order valence-electron chi connectivity index (χ4n) is 2.98. The van der Waals surface area contributed by atoms with Gasteiger partial charge in [0.1, 0.15) is 5.82 Å². The number of hydrogen-bond donors (Lipinski definition) is 4. The number of urea groups is 1. The van der Waals surface area contributed by atoms with Gasteiger partial charge in [-0.1, -0.05) is 17.7 Å². The molecule has 0 heterocycles. The van der Waals surface area contributed by atoms with E-state index >= 15 is 0 Å². The average Bonchev–Trinajstić information content (AvgIpc) is 2.69. The molecular formula is C22H27FN4O3. The van der Waals surface area contributed by atoms with Gasteiger partial charge in [0.15, 0.2) is 0 Å². The molecule has 8 heteroatoms. The molecule has 0 aliphatic carbocycles. The molecule has 0 radical (unpaired) electrons. The van der Waals surface area contributed by atoms with E-state index in [1.165, 1.54) is 24.3 Å².